The predicted octanol–water partition coefficient (Wildman–Crippen LogP) is 12.7. The van der Waals surface area contributed by atoms with Crippen molar-refractivity contribution in [2.24, 2.45) is 0 Å². The summed E-state index contributed by atoms with van der Waals surface area (Å²) in [5.41, 5.74) is 7.42. The van der Waals surface area contributed by atoms with Crippen LogP contribution in [0.1, 0.15) is 135 Å². The van der Waals surface area contributed by atoms with Crippen LogP contribution >= 0.6 is 0 Å². The number of unbranched alkanes of at least 4 members (excludes halogenated alkanes) is 9. The molecule has 6 nitrogen and oxygen atoms in total. The number of rotatable bonds is 24. The van der Waals surface area contributed by atoms with Crippen molar-refractivity contribution in [2.75, 3.05) is 34.3 Å². The number of anilines is 6. The highest BCUT2D eigenvalue weighted by Gasteiger charge is 2.23. The van der Waals surface area contributed by atoms with Crippen molar-refractivity contribution in [2.45, 2.75) is 138 Å². The molecule has 0 fully saturated rings. The van der Waals surface area contributed by atoms with Gasteiger partial charge in [-0.15, -0.1) is 0 Å². The number of aromatic nitrogens is 3. The SMILES string of the molecule is CCCCCCN(c1ccc(CC)cc1)c1nc(N(CCCCCC)c2ccc(CC)cc2)nc(N(CCCCCC)c2ccc(CC)cc2)n1. The van der Waals surface area contributed by atoms with Crippen molar-refractivity contribution in [1.82, 2.24) is 15.0 Å². The van der Waals surface area contributed by atoms with E-state index in [4.69, 9.17) is 15.0 Å². The van der Waals surface area contributed by atoms with E-state index in [1.54, 1.807) is 0 Å². The van der Waals surface area contributed by atoms with E-state index in [0.717, 1.165) is 93.1 Å². The molecule has 0 aliphatic rings. The maximum Gasteiger partial charge on any atom is 0.236 e. The Labute approximate surface area is 310 Å². The fourth-order valence-electron chi connectivity index (χ4n) is 6.56. The summed E-state index contributed by atoms with van der Waals surface area (Å²) in [4.78, 5) is 23.2. The first-order chi connectivity index (χ1) is 25.0. The Balaban J connectivity index is 1.91. The van der Waals surface area contributed by atoms with E-state index < -0.39 is 0 Å². The van der Waals surface area contributed by atoms with E-state index in [-0.39, 0.29) is 0 Å². The lowest BCUT2D eigenvalue weighted by Crippen LogP contribution is -2.28. The third kappa shape index (κ3) is 12.1. The summed E-state index contributed by atoms with van der Waals surface area (Å²) in [6, 6.07) is 27.0. The first kappa shape index (κ1) is 39.8. The Bertz CT molecular complexity index is 1320. The lowest BCUT2D eigenvalue weighted by molar-refractivity contribution is 0.653. The lowest BCUT2D eigenvalue weighted by atomic mass is 10.1. The van der Waals surface area contributed by atoms with Crippen molar-refractivity contribution in [3.8, 4) is 0 Å². The summed E-state index contributed by atoms with van der Waals surface area (Å²) < 4.78 is 0. The molecule has 0 saturated heterocycles. The molecule has 0 unspecified atom stereocenters. The van der Waals surface area contributed by atoms with Crippen molar-refractivity contribution < 1.29 is 0 Å². The number of benzene rings is 3. The highest BCUT2D eigenvalue weighted by molar-refractivity contribution is 5.66. The van der Waals surface area contributed by atoms with Crippen LogP contribution in [0, 0.1) is 0 Å². The summed E-state index contributed by atoms with van der Waals surface area (Å²) in [6.07, 6.45) is 17.2. The van der Waals surface area contributed by atoms with Gasteiger partial charge in [0.2, 0.25) is 17.8 Å². The van der Waals surface area contributed by atoms with Crippen molar-refractivity contribution in [3.05, 3.63) is 89.5 Å². The van der Waals surface area contributed by atoms with Gasteiger partial charge < -0.3 is 14.7 Å². The second kappa shape index (κ2) is 22.1. The summed E-state index contributed by atoms with van der Waals surface area (Å²) in [7, 11) is 0. The molecule has 0 radical (unpaired) electrons. The fraction of sp³-hybridized carbons (Fsp3) is 0.533. The molecule has 1 heterocycles. The zero-order valence-electron chi connectivity index (χ0n) is 32.8. The van der Waals surface area contributed by atoms with E-state index in [2.05, 4.69) is 129 Å². The summed E-state index contributed by atoms with van der Waals surface area (Å²) in [5, 5.41) is 0. The van der Waals surface area contributed by atoms with E-state index in [1.807, 2.05) is 0 Å². The summed E-state index contributed by atoms with van der Waals surface area (Å²) >= 11 is 0. The highest BCUT2D eigenvalue weighted by atomic mass is 15.4. The zero-order valence-corrected chi connectivity index (χ0v) is 32.8. The van der Waals surface area contributed by atoms with Gasteiger partial charge in [-0.3, -0.25) is 0 Å². The van der Waals surface area contributed by atoms with Crippen LogP contribution in [0.25, 0.3) is 0 Å². The first-order valence-corrected chi connectivity index (χ1v) is 20.4. The van der Waals surface area contributed by atoms with Crippen LogP contribution in [-0.2, 0) is 19.3 Å². The second-order valence-corrected chi connectivity index (χ2v) is 13.9. The molecule has 3 aromatic carbocycles. The third-order valence-corrected chi connectivity index (χ3v) is 10.00. The maximum atomic E-state index is 5.39. The van der Waals surface area contributed by atoms with Gasteiger partial charge in [-0.2, -0.15) is 15.0 Å². The molecule has 51 heavy (non-hydrogen) atoms. The van der Waals surface area contributed by atoms with Gasteiger partial charge >= 0.3 is 0 Å². The van der Waals surface area contributed by atoms with E-state index in [1.165, 1.54) is 74.5 Å². The molecule has 0 atom stereocenters. The molecule has 0 spiro atoms. The van der Waals surface area contributed by atoms with Crippen LogP contribution in [0.5, 0.6) is 0 Å². The van der Waals surface area contributed by atoms with Gasteiger partial charge in [-0.1, -0.05) is 136 Å². The molecule has 0 saturated carbocycles. The van der Waals surface area contributed by atoms with Gasteiger partial charge in [0.15, 0.2) is 0 Å². The minimum atomic E-state index is 0.725. The average molecular weight is 691 g/mol. The molecule has 4 rings (SSSR count). The Morgan fingerprint density at radius 3 is 0.804 bits per heavy atom. The molecule has 0 aliphatic carbocycles. The van der Waals surface area contributed by atoms with Crippen LogP contribution < -0.4 is 14.7 Å². The van der Waals surface area contributed by atoms with Crippen LogP contribution in [0.4, 0.5) is 34.9 Å². The molecule has 0 N–H and O–H groups in total. The minimum Gasteiger partial charge on any atom is -0.310 e. The van der Waals surface area contributed by atoms with E-state index in [0.29, 0.717) is 0 Å². The monoisotopic (exact) mass is 691 g/mol. The number of hydrogen-bond acceptors (Lipinski definition) is 6. The molecule has 276 valence electrons. The van der Waals surface area contributed by atoms with Crippen LogP contribution in [0.3, 0.4) is 0 Å². The Morgan fingerprint density at radius 1 is 0.333 bits per heavy atom. The van der Waals surface area contributed by atoms with Gasteiger partial charge in [0.1, 0.15) is 0 Å². The van der Waals surface area contributed by atoms with Gasteiger partial charge in [-0.25, -0.2) is 0 Å². The molecular weight excluding hydrogens is 625 g/mol. The van der Waals surface area contributed by atoms with Gasteiger partial charge in [-0.05, 0) is 91.6 Å². The molecule has 0 aliphatic heterocycles. The fourth-order valence-corrected chi connectivity index (χ4v) is 6.56. The van der Waals surface area contributed by atoms with Crippen molar-refractivity contribution in [1.29, 1.82) is 0 Å². The Morgan fingerprint density at radius 2 is 0.588 bits per heavy atom. The van der Waals surface area contributed by atoms with Crippen LogP contribution in [-0.4, -0.2) is 34.6 Å². The highest BCUT2D eigenvalue weighted by Crippen LogP contribution is 2.33. The quantitative estimate of drug-likeness (QED) is 0.0682. The smallest absolute Gasteiger partial charge is 0.236 e. The van der Waals surface area contributed by atoms with Crippen LogP contribution in [0.15, 0.2) is 72.8 Å². The standard InChI is InChI=1S/C45H66N6/c1-7-13-16-19-34-49(40-28-22-37(10-4)23-29-40)43-46-44(50(35-20-17-14-8-2)41-30-24-38(11-5)25-31-41)48-45(47-43)51(36-21-18-15-9-3)42-32-26-39(12-6)27-33-42/h22-33H,7-21,34-36H2,1-6H3. The lowest BCUT2D eigenvalue weighted by Gasteiger charge is -2.30. The summed E-state index contributed by atoms with van der Waals surface area (Å²) in [5.74, 6) is 2.18. The Kier molecular flexibility index (Phi) is 17.3. The Hall–Kier alpha value is -3.93. The van der Waals surface area contributed by atoms with E-state index >= 15 is 0 Å². The number of hydrogen-bond donors (Lipinski definition) is 0. The normalized spacial score (nSPS) is 11.2. The minimum absolute atomic E-state index is 0.725. The first-order valence-electron chi connectivity index (χ1n) is 20.4. The zero-order chi connectivity index (χ0) is 36.3. The molecule has 4 aromatic rings. The summed E-state index contributed by atoms with van der Waals surface area (Å²) in [6.45, 7) is 16.0. The molecular formula is C45H66N6. The number of nitrogens with zero attached hydrogens (tertiary/aromatic N) is 6. The second-order valence-electron chi connectivity index (χ2n) is 13.9. The van der Waals surface area contributed by atoms with Gasteiger partial charge in [0, 0.05) is 36.7 Å². The van der Waals surface area contributed by atoms with Crippen molar-refractivity contribution in [3.63, 3.8) is 0 Å². The predicted molar refractivity (Wildman–Crippen MR) is 221 cm³/mol. The largest absolute Gasteiger partial charge is 0.310 e. The third-order valence-electron chi connectivity index (χ3n) is 10.00. The van der Waals surface area contributed by atoms with Crippen molar-refractivity contribution >= 4 is 34.9 Å². The average Bonchev–Trinajstić information content (AvgIpc) is 3.18. The van der Waals surface area contributed by atoms with Gasteiger partial charge in [0.25, 0.3) is 0 Å². The van der Waals surface area contributed by atoms with Crippen LogP contribution in [0.2, 0.25) is 0 Å². The molecule has 1 aromatic heterocycles. The maximum absolute atomic E-state index is 5.39. The van der Waals surface area contributed by atoms with E-state index in [9.17, 15) is 0 Å². The molecule has 0 amide bonds. The topological polar surface area (TPSA) is 48.4 Å². The molecule has 6 heteroatoms. The number of aryl methyl sites for hydroxylation is 3. The molecule has 0 bridgehead atoms. The van der Waals surface area contributed by atoms with Gasteiger partial charge in [0.05, 0.1) is 0 Å².